The number of ketones is 1. The average molecular weight is 245 g/mol. The van der Waals surface area contributed by atoms with Crippen molar-refractivity contribution in [2.75, 3.05) is 6.61 Å². The van der Waals surface area contributed by atoms with Crippen molar-refractivity contribution in [3.63, 3.8) is 0 Å². The van der Waals surface area contributed by atoms with Gasteiger partial charge in [-0.25, -0.2) is 0 Å². The second kappa shape index (κ2) is 4.24. The smallest absolute Gasteiger partial charge is 0.197 e. The van der Waals surface area contributed by atoms with E-state index in [1.165, 1.54) is 11.6 Å². The molecule has 0 amide bonds. The topological polar surface area (TPSA) is 26.3 Å². The molecule has 0 aliphatic carbocycles. The van der Waals surface area contributed by atoms with Crippen LogP contribution in [0.25, 0.3) is 0 Å². The molecule has 1 aliphatic heterocycles. The van der Waals surface area contributed by atoms with Crippen LogP contribution in [0.2, 0.25) is 0 Å². The third kappa shape index (κ3) is 1.87. The average Bonchev–Trinajstić information content (AvgIpc) is 2.29. The largest absolute Gasteiger partial charge is 0.488 e. The molecule has 0 bridgehead atoms. The van der Waals surface area contributed by atoms with Gasteiger partial charge >= 0.3 is 0 Å². The Kier molecular flexibility index (Phi) is 2.98. The Morgan fingerprint density at radius 3 is 3.00 bits per heavy atom. The van der Waals surface area contributed by atoms with Crippen molar-refractivity contribution in [2.24, 2.45) is 0 Å². The molecule has 2 nitrogen and oxygen atoms in total. The molecule has 0 N–H and O–H groups in total. The number of halogens is 2. The van der Waals surface area contributed by atoms with E-state index in [-0.39, 0.29) is 24.5 Å². The number of carbonyl (C=O) groups excluding carboxylic acids is 1. The highest BCUT2D eigenvalue weighted by Gasteiger charge is 2.23. The van der Waals surface area contributed by atoms with Crippen LogP contribution in [-0.4, -0.2) is 12.4 Å². The lowest BCUT2D eigenvalue weighted by Crippen LogP contribution is -2.18. The molecule has 1 aliphatic rings. The third-order valence-electron chi connectivity index (χ3n) is 2.09. The van der Waals surface area contributed by atoms with Gasteiger partial charge in [0.05, 0.1) is 17.7 Å². The van der Waals surface area contributed by atoms with Gasteiger partial charge in [-0.05, 0) is 18.2 Å². The van der Waals surface area contributed by atoms with Gasteiger partial charge in [0.15, 0.2) is 5.78 Å². The quantitative estimate of drug-likeness (QED) is 0.709. The maximum atomic E-state index is 12.3. The molecule has 0 fully saturated rings. The van der Waals surface area contributed by atoms with Crippen molar-refractivity contribution >= 4 is 29.5 Å². The van der Waals surface area contributed by atoms with E-state index in [4.69, 9.17) is 16.3 Å². The molecule has 2 rings (SSSR count). The zero-order valence-corrected chi connectivity index (χ0v) is 9.07. The van der Waals surface area contributed by atoms with Crippen LogP contribution in [-0.2, 0) is 0 Å². The number of carbonyl (C=O) groups is 1. The Balaban J connectivity index is 2.49. The molecule has 15 heavy (non-hydrogen) atoms. The van der Waals surface area contributed by atoms with Crippen LogP contribution in [0.4, 0.5) is 3.89 Å². The normalized spacial score (nSPS) is 17.5. The summed E-state index contributed by atoms with van der Waals surface area (Å²) in [4.78, 5) is 12.1. The van der Waals surface area contributed by atoms with Crippen LogP contribution in [0.1, 0.15) is 10.4 Å². The number of hydrogen-bond acceptors (Lipinski definition) is 3. The molecule has 1 heterocycles. The summed E-state index contributed by atoms with van der Waals surface area (Å²) >= 11 is 5.57. The summed E-state index contributed by atoms with van der Waals surface area (Å²) in [6.07, 6.45) is 0. The second-order valence-corrected chi connectivity index (χ2v) is 3.83. The first kappa shape index (κ1) is 10.5. The molecule has 0 unspecified atom stereocenters. The summed E-state index contributed by atoms with van der Waals surface area (Å²) in [6.45, 7) is 0.164. The van der Waals surface area contributed by atoms with E-state index in [1.807, 2.05) is 0 Å². The molecule has 0 spiro atoms. The van der Waals surface area contributed by atoms with Crippen molar-refractivity contribution in [1.82, 2.24) is 0 Å². The monoisotopic (exact) mass is 244 g/mol. The number of fused-ring (bicyclic) bond motifs is 1. The minimum absolute atomic E-state index is 0.0923. The Hall–Kier alpha value is -1.00. The summed E-state index contributed by atoms with van der Waals surface area (Å²) in [5, 5.41) is 0. The molecule has 0 saturated heterocycles. The maximum absolute atomic E-state index is 12.3. The van der Waals surface area contributed by atoms with Gasteiger partial charge in [0, 0.05) is 16.0 Å². The van der Waals surface area contributed by atoms with Crippen LogP contribution < -0.4 is 4.74 Å². The van der Waals surface area contributed by atoms with Crippen LogP contribution in [0.5, 0.6) is 5.75 Å². The van der Waals surface area contributed by atoms with Gasteiger partial charge in [0.2, 0.25) is 0 Å². The zero-order valence-electron chi connectivity index (χ0n) is 7.50. The number of ether oxygens (including phenoxy) is 1. The van der Waals surface area contributed by atoms with E-state index in [9.17, 15) is 8.68 Å². The fourth-order valence-electron chi connectivity index (χ4n) is 1.34. The maximum Gasteiger partial charge on any atom is 0.197 e. The van der Waals surface area contributed by atoms with E-state index >= 15 is 0 Å². The highest BCUT2D eigenvalue weighted by molar-refractivity contribution is 7.94. The van der Waals surface area contributed by atoms with E-state index in [0.717, 1.165) is 0 Å². The van der Waals surface area contributed by atoms with Crippen molar-refractivity contribution in [3.8, 4) is 5.75 Å². The van der Waals surface area contributed by atoms with Crippen LogP contribution >= 0.6 is 23.7 Å². The van der Waals surface area contributed by atoms with Crippen LogP contribution in [0.15, 0.2) is 34.2 Å². The van der Waals surface area contributed by atoms with Gasteiger partial charge in [-0.3, -0.25) is 4.79 Å². The van der Waals surface area contributed by atoms with Gasteiger partial charge in [-0.15, -0.1) is 0 Å². The summed E-state index contributed by atoms with van der Waals surface area (Å²) in [6, 6.07) is 4.61. The minimum Gasteiger partial charge on any atom is -0.488 e. The summed E-state index contributed by atoms with van der Waals surface area (Å²) in [5.74, 6) is 0.266. The lowest BCUT2D eigenvalue weighted by atomic mass is 10.0. The zero-order chi connectivity index (χ0) is 10.8. The number of benzene rings is 1. The first-order valence-corrected chi connectivity index (χ1v) is 5.31. The van der Waals surface area contributed by atoms with Gasteiger partial charge in [0.25, 0.3) is 0 Å². The van der Waals surface area contributed by atoms with Gasteiger partial charge in [0.1, 0.15) is 12.4 Å². The number of rotatable bonds is 1. The summed E-state index contributed by atoms with van der Waals surface area (Å²) < 4.78 is 17.6. The number of hydrogen-bond donors (Lipinski definition) is 0. The second-order valence-electron chi connectivity index (χ2n) is 2.99. The SMILES string of the molecule is O=C1/C(=C\Cl)COc2ccc(SF)cc21. The third-order valence-corrected chi connectivity index (χ3v) is 2.79. The predicted molar refractivity (Wildman–Crippen MR) is 57.2 cm³/mol. The molecule has 5 heteroatoms. The van der Waals surface area contributed by atoms with Gasteiger partial charge in [-0.2, -0.15) is 3.89 Å². The molecule has 0 radical (unpaired) electrons. The van der Waals surface area contributed by atoms with Crippen LogP contribution in [0, 0.1) is 0 Å². The van der Waals surface area contributed by atoms with Crippen molar-refractivity contribution < 1.29 is 13.4 Å². The number of Topliss-reactive ketones (excluding diaryl/α,β-unsaturated/α-hetero) is 1. The first-order chi connectivity index (χ1) is 7.26. The lowest BCUT2D eigenvalue weighted by Gasteiger charge is -2.18. The molecule has 1 aromatic rings. The first-order valence-electron chi connectivity index (χ1n) is 4.15. The minimum atomic E-state index is -0.206. The van der Waals surface area contributed by atoms with E-state index in [1.54, 1.807) is 12.1 Å². The van der Waals surface area contributed by atoms with Crippen LogP contribution in [0.3, 0.4) is 0 Å². The standard InChI is InChI=1S/C10H6ClFO2S/c11-4-6-5-14-9-2-1-7(15-12)3-8(9)10(6)13/h1-4H,5H2/b6-4-. The molecule has 1 aromatic carbocycles. The van der Waals surface area contributed by atoms with E-state index in [0.29, 0.717) is 21.8 Å². The van der Waals surface area contributed by atoms with Crippen molar-refractivity contribution in [2.45, 2.75) is 4.90 Å². The van der Waals surface area contributed by atoms with Gasteiger partial charge < -0.3 is 4.74 Å². The van der Waals surface area contributed by atoms with E-state index in [2.05, 4.69) is 0 Å². The molecule has 0 atom stereocenters. The Labute approximate surface area is 95.4 Å². The molecular formula is C10H6ClFO2S. The van der Waals surface area contributed by atoms with E-state index < -0.39 is 0 Å². The summed E-state index contributed by atoms with van der Waals surface area (Å²) in [7, 11) is 0. The van der Waals surface area contributed by atoms with Gasteiger partial charge in [-0.1, -0.05) is 11.6 Å². The Morgan fingerprint density at radius 2 is 2.33 bits per heavy atom. The fourth-order valence-corrected chi connectivity index (χ4v) is 1.78. The molecule has 0 aromatic heterocycles. The molecule has 78 valence electrons. The molecule has 0 saturated carbocycles. The van der Waals surface area contributed by atoms with Crippen molar-refractivity contribution in [3.05, 3.63) is 34.9 Å². The predicted octanol–water partition coefficient (Wildman–Crippen LogP) is 3.36. The van der Waals surface area contributed by atoms with Crippen molar-refractivity contribution in [1.29, 1.82) is 0 Å². The lowest BCUT2D eigenvalue weighted by molar-refractivity contribution is 0.0999. The molecular weight excluding hydrogens is 239 g/mol. The highest BCUT2D eigenvalue weighted by Crippen LogP contribution is 2.31. The summed E-state index contributed by atoms with van der Waals surface area (Å²) in [5.41, 5.74) is 1.93. The Morgan fingerprint density at radius 1 is 1.53 bits per heavy atom. The Bertz CT molecular complexity index is 445. The highest BCUT2D eigenvalue weighted by atomic mass is 35.5. The fraction of sp³-hybridized carbons (Fsp3) is 0.100.